The van der Waals surface area contributed by atoms with Gasteiger partial charge in [-0.25, -0.2) is 0 Å². The largest absolute Gasteiger partial charge is 0.466 e. The fraction of sp³-hybridized carbons (Fsp3) is 0.872. The van der Waals surface area contributed by atoms with Gasteiger partial charge in [0.05, 0.1) is 6.61 Å². The normalized spacial score (nSPS) is 12.7. The van der Waals surface area contributed by atoms with Gasteiger partial charge >= 0.3 is 5.97 Å². The average Bonchev–Trinajstić information content (AvgIpc) is 2.98. The lowest BCUT2D eigenvalue weighted by molar-refractivity contribution is -0.143. The summed E-state index contributed by atoms with van der Waals surface area (Å²) < 4.78 is 5.39. The van der Waals surface area contributed by atoms with E-state index in [2.05, 4.69) is 57.1 Å². The van der Waals surface area contributed by atoms with Gasteiger partial charge in [-0.3, -0.25) is 4.79 Å². The molecule has 0 rings (SSSR count). The van der Waals surface area contributed by atoms with E-state index in [-0.39, 0.29) is 5.97 Å². The second-order valence-electron chi connectivity index (χ2n) is 13.1. The van der Waals surface area contributed by atoms with Gasteiger partial charge in [-0.2, -0.15) is 0 Å². The Hall–Kier alpha value is -1.09. The number of hydrogen-bond acceptors (Lipinski definition) is 3. The molecule has 1 atom stereocenters. The first-order valence-corrected chi connectivity index (χ1v) is 18.7. The Bertz CT molecular complexity index is 571. The van der Waals surface area contributed by atoms with Gasteiger partial charge in [-0.05, 0) is 97.2 Å². The number of carbonyl (C=O) groups excluding carboxylic acids is 1. The van der Waals surface area contributed by atoms with Crippen LogP contribution in [0, 0.1) is 5.92 Å². The van der Waals surface area contributed by atoms with Gasteiger partial charge in [0, 0.05) is 6.42 Å². The summed E-state index contributed by atoms with van der Waals surface area (Å²) in [6.45, 7) is 6.22. The molecule has 0 aliphatic carbocycles. The van der Waals surface area contributed by atoms with Crippen molar-refractivity contribution in [1.82, 2.24) is 4.90 Å². The molecule has 1 unspecified atom stereocenters. The third-order valence-corrected chi connectivity index (χ3v) is 8.50. The van der Waals surface area contributed by atoms with E-state index in [1.165, 1.54) is 148 Å². The fourth-order valence-electron chi connectivity index (χ4n) is 5.71. The van der Waals surface area contributed by atoms with Crippen LogP contribution in [-0.2, 0) is 9.53 Å². The van der Waals surface area contributed by atoms with Crippen LogP contribution in [0.25, 0.3) is 0 Å². The lowest BCUT2D eigenvalue weighted by atomic mass is 9.90. The summed E-state index contributed by atoms with van der Waals surface area (Å²) >= 11 is 0. The topological polar surface area (TPSA) is 29.5 Å². The van der Waals surface area contributed by atoms with Crippen molar-refractivity contribution in [3.05, 3.63) is 24.3 Å². The Morgan fingerprint density at radius 1 is 0.548 bits per heavy atom. The minimum Gasteiger partial charge on any atom is -0.466 e. The second-order valence-corrected chi connectivity index (χ2v) is 13.1. The molecule has 0 aliphatic rings. The Morgan fingerprint density at radius 3 is 1.50 bits per heavy atom. The number of ether oxygens (including phenoxy) is 1. The lowest BCUT2D eigenvalue weighted by Gasteiger charge is -2.16. The van der Waals surface area contributed by atoms with E-state index >= 15 is 0 Å². The maximum atomic E-state index is 11.8. The van der Waals surface area contributed by atoms with Crippen LogP contribution >= 0.6 is 0 Å². The van der Waals surface area contributed by atoms with E-state index in [1.54, 1.807) is 0 Å². The van der Waals surface area contributed by atoms with Crippen LogP contribution in [0.1, 0.15) is 187 Å². The van der Waals surface area contributed by atoms with Crippen LogP contribution < -0.4 is 0 Å². The molecule has 0 aliphatic heterocycles. The highest BCUT2D eigenvalue weighted by molar-refractivity contribution is 5.69. The fourth-order valence-corrected chi connectivity index (χ4v) is 5.71. The third-order valence-electron chi connectivity index (χ3n) is 8.50. The minimum atomic E-state index is -0.0136. The monoisotopic (exact) mass is 590 g/mol. The van der Waals surface area contributed by atoms with Gasteiger partial charge in [0.2, 0.25) is 0 Å². The van der Waals surface area contributed by atoms with E-state index in [0.29, 0.717) is 13.0 Å². The van der Waals surface area contributed by atoms with Crippen molar-refractivity contribution >= 4 is 5.97 Å². The molecule has 0 spiro atoms. The molecular weight excluding hydrogens is 514 g/mol. The molecule has 0 amide bonds. The molecule has 3 heteroatoms. The van der Waals surface area contributed by atoms with Crippen molar-refractivity contribution in [1.29, 1.82) is 0 Å². The van der Waals surface area contributed by atoms with Crippen molar-refractivity contribution in [2.75, 3.05) is 27.2 Å². The van der Waals surface area contributed by atoms with Crippen molar-refractivity contribution in [3.8, 4) is 0 Å². The predicted molar refractivity (Wildman–Crippen MR) is 187 cm³/mol. The highest BCUT2D eigenvalue weighted by Gasteiger charge is 2.08. The molecule has 0 fully saturated rings. The number of nitrogens with zero attached hydrogens (tertiary/aromatic N) is 1. The Labute approximate surface area is 264 Å². The lowest BCUT2D eigenvalue weighted by Crippen LogP contribution is -2.13. The van der Waals surface area contributed by atoms with Crippen LogP contribution in [0.4, 0.5) is 0 Å². The first kappa shape index (κ1) is 40.9. The van der Waals surface area contributed by atoms with Crippen LogP contribution in [0.5, 0.6) is 0 Å². The van der Waals surface area contributed by atoms with Gasteiger partial charge in [-0.1, -0.05) is 134 Å². The molecule has 0 aromatic rings. The second kappa shape index (κ2) is 34.4. The Kier molecular flexibility index (Phi) is 33.5. The van der Waals surface area contributed by atoms with Gasteiger partial charge in [0.15, 0.2) is 0 Å². The summed E-state index contributed by atoms with van der Waals surface area (Å²) in [5, 5.41) is 0. The maximum Gasteiger partial charge on any atom is 0.305 e. The number of esters is 1. The number of hydrogen-bond donors (Lipinski definition) is 0. The van der Waals surface area contributed by atoms with E-state index in [0.717, 1.165) is 31.7 Å². The Morgan fingerprint density at radius 2 is 1.00 bits per heavy atom. The summed E-state index contributed by atoms with van der Waals surface area (Å²) in [5.41, 5.74) is 0. The minimum absolute atomic E-state index is 0.0136. The highest BCUT2D eigenvalue weighted by Crippen LogP contribution is 2.24. The predicted octanol–water partition coefficient (Wildman–Crippen LogP) is 12.4. The summed E-state index contributed by atoms with van der Waals surface area (Å²) in [6, 6.07) is 0. The zero-order chi connectivity index (χ0) is 30.8. The van der Waals surface area contributed by atoms with Gasteiger partial charge in [-0.15, -0.1) is 0 Å². The molecule has 0 heterocycles. The van der Waals surface area contributed by atoms with E-state index < -0.39 is 0 Å². The average molecular weight is 590 g/mol. The first-order valence-electron chi connectivity index (χ1n) is 18.7. The summed E-state index contributed by atoms with van der Waals surface area (Å²) in [7, 11) is 4.14. The summed E-state index contributed by atoms with van der Waals surface area (Å²) in [5.74, 6) is 0.916. The van der Waals surface area contributed by atoms with Crippen LogP contribution in [-0.4, -0.2) is 38.1 Å². The molecule has 0 saturated carbocycles. The van der Waals surface area contributed by atoms with Crippen molar-refractivity contribution in [3.63, 3.8) is 0 Å². The zero-order valence-corrected chi connectivity index (χ0v) is 29.2. The first-order chi connectivity index (χ1) is 20.6. The van der Waals surface area contributed by atoms with Crippen molar-refractivity contribution < 1.29 is 9.53 Å². The molecule has 248 valence electrons. The highest BCUT2D eigenvalue weighted by atomic mass is 16.5. The molecule has 0 aromatic carbocycles. The molecule has 0 aromatic heterocycles. The molecule has 0 N–H and O–H groups in total. The molecule has 3 nitrogen and oxygen atoms in total. The van der Waals surface area contributed by atoms with Gasteiger partial charge in [0.25, 0.3) is 0 Å². The third kappa shape index (κ3) is 33.4. The SMILES string of the molecule is CCCCCC=CCCCC(CCC/C=C\CCCCC)CCCCCCCCCCCOC(=O)CCCCN(C)C. The van der Waals surface area contributed by atoms with Crippen LogP contribution in [0.3, 0.4) is 0 Å². The Balaban J connectivity index is 3.87. The standard InChI is InChI=1S/C39H75NO2/c1-5-7-9-11-13-18-22-26-32-38(33-27-23-19-14-12-10-8-6-2)34-28-24-20-16-15-17-21-25-31-37-42-39(41)35-29-30-36-40(3)4/h13-14,18-19,38H,5-12,15-17,20-37H2,1-4H3/b18-13-,19-14?. The maximum absolute atomic E-state index is 11.8. The molecule has 0 saturated heterocycles. The van der Waals surface area contributed by atoms with Gasteiger partial charge in [0.1, 0.15) is 0 Å². The van der Waals surface area contributed by atoms with E-state index in [9.17, 15) is 4.79 Å². The zero-order valence-electron chi connectivity index (χ0n) is 29.2. The number of unbranched alkanes of at least 4 members (excludes halogenated alkanes) is 17. The quantitative estimate of drug-likeness (QED) is 0.0433. The molecule has 42 heavy (non-hydrogen) atoms. The van der Waals surface area contributed by atoms with Gasteiger partial charge < -0.3 is 9.64 Å². The number of carbonyl (C=O) groups is 1. The van der Waals surface area contributed by atoms with E-state index in [4.69, 9.17) is 4.74 Å². The number of allylic oxidation sites excluding steroid dienone is 4. The van der Waals surface area contributed by atoms with E-state index in [1.807, 2.05) is 0 Å². The van der Waals surface area contributed by atoms with Crippen LogP contribution in [0.15, 0.2) is 24.3 Å². The number of rotatable bonds is 33. The van der Waals surface area contributed by atoms with Crippen LogP contribution in [0.2, 0.25) is 0 Å². The van der Waals surface area contributed by atoms with Crippen molar-refractivity contribution in [2.24, 2.45) is 5.92 Å². The molecule has 0 radical (unpaired) electrons. The molecule has 0 bridgehead atoms. The smallest absolute Gasteiger partial charge is 0.305 e. The molecular formula is C39H75NO2. The van der Waals surface area contributed by atoms with Crippen molar-refractivity contribution in [2.45, 2.75) is 187 Å². The summed E-state index contributed by atoms with van der Waals surface area (Å²) in [4.78, 5) is 13.9. The summed E-state index contributed by atoms with van der Waals surface area (Å²) in [6.07, 6.45) is 44.4.